The second-order valence-corrected chi connectivity index (χ2v) is 7.91. The van der Waals surface area contributed by atoms with E-state index in [2.05, 4.69) is 72.1 Å². The average Bonchev–Trinajstić information content (AvgIpc) is 2.68. The van der Waals surface area contributed by atoms with Gasteiger partial charge in [0.05, 0.1) is 7.11 Å². The van der Waals surface area contributed by atoms with Crippen molar-refractivity contribution in [3.05, 3.63) is 66.2 Å². The maximum atomic E-state index is 11.8. The molecular formula is C22H25NO2S. The van der Waals surface area contributed by atoms with Gasteiger partial charge in [0.25, 0.3) is 0 Å². The smallest absolute Gasteiger partial charge is 0.322 e. The molecule has 1 unspecified atom stereocenters. The number of carbonyl (C=O) groups excluding carboxylic acids is 1. The van der Waals surface area contributed by atoms with Gasteiger partial charge in [-0.25, -0.2) is 0 Å². The molecule has 4 heteroatoms. The van der Waals surface area contributed by atoms with E-state index >= 15 is 0 Å². The van der Waals surface area contributed by atoms with Gasteiger partial charge in [-0.15, -0.1) is 0 Å². The molecule has 0 spiro atoms. The monoisotopic (exact) mass is 367 g/mol. The molecule has 2 aromatic rings. The molecule has 26 heavy (non-hydrogen) atoms. The van der Waals surface area contributed by atoms with E-state index in [4.69, 9.17) is 4.74 Å². The quantitative estimate of drug-likeness (QED) is 0.631. The van der Waals surface area contributed by atoms with Gasteiger partial charge in [-0.05, 0) is 35.6 Å². The highest BCUT2D eigenvalue weighted by molar-refractivity contribution is 7.82. The first kappa shape index (κ1) is 18.7. The summed E-state index contributed by atoms with van der Waals surface area (Å²) in [6.45, 7) is 4.13. The fourth-order valence-electron chi connectivity index (χ4n) is 3.34. The number of carbonyl (C=O) groups is 1. The molecule has 0 N–H and O–H groups in total. The SMILES string of the molecule is COC(=O)C(C)(S)CN1CC=C(c2ccc(-c3ccccc3)cc2)CC1. The van der Waals surface area contributed by atoms with Crippen LogP contribution in [0.3, 0.4) is 0 Å². The molecule has 2 aromatic carbocycles. The molecule has 136 valence electrons. The van der Waals surface area contributed by atoms with Gasteiger partial charge in [-0.2, -0.15) is 12.6 Å². The Morgan fingerprint density at radius 3 is 2.27 bits per heavy atom. The number of methoxy groups -OCH3 is 1. The van der Waals surface area contributed by atoms with Crippen molar-refractivity contribution in [2.75, 3.05) is 26.7 Å². The fraction of sp³-hybridized carbons (Fsp3) is 0.318. The molecule has 1 atom stereocenters. The summed E-state index contributed by atoms with van der Waals surface area (Å²) in [6, 6.07) is 19.2. The van der Waals surface area contributed by atoms with E-state index in [1.807, 2.05) is 13.0 Å². The third kappa shape index (κ3) is 4.37. The topological polar surface area (TPSA) is 29.5 Å². The first-order chi connectivity index (χ1) is 12.5. The third-order valence-electron chi connectivity index (χ3n) is 4.81. The summed E-state index contributed by atoms with van der Waals surface area (Å²) in [5.41, 5.74) is 5.10. The van der Waals surface area contributed by atoms with Gasteiger partial charge in [0.2, 0.25) is 0 Å². The minimum Gasteiger partial charge on any atom is -0.468 e. The zero-order valence-corrected chi connectivity index (χ0v) is 16.2. The molecule has 1 aliphatic rings. The number of ether oxygens (including phenoxy) is 1. The Kier molecular flexibility index (Phi) is 5.84. The van der Waals surface area contributed by atoms with Gasteiger partial charge in [0.1, 0.15) is 4.75 Å². The highest BCUT2D eigenvalue weighted by Gasteiger charge is 2.32. The number of thiol groups is 1. The Balaban J connectivity index is 1.65. The van der Waals surface area contributed by atoms with Gasteiger partial charge in [0, 0.05) is 19.6 Å². The van der Waals surface area contributed by atoms with Crippen LogP contribution in [0, 0.1) is 0 Å². The van der Waals surface area contributed by atoms with Crippen LogP contribution in [0.15, 0.2) is 60.7 Å². The molecule has 0 saturated heterocycles. The lowest BCUT2D eigenvalue weighted by molar-refractivity contribution is -0.143. The van der Waals surface area contributed by atoms with Crippen molar-refractivity contribution in [3.8, 4) is 11.1 Å². The van der Waals surface area contributed by atoms with E-state index in [0.717, 1.165) is 19.5 Å². The van der Waals surface area contributed by atoms with Crippen molar-refractivity contribution in [1.29, 1.82) is 0 Å². The van der Waals surface area contributed by atoms with Crippen LogP contribution in [0.4, 0.5) is 0 Å². The van der Waals surface area contributed by atoms with Gasteiger partial charge in [-0.3, -0.25) is 9.69 Å². The van der Waals surface area contributed by atoms with Crippen LogP contribution in [-0.4, -0.2) is 42.4 Å². The second kappa shape index (κ2) is 8.11. The zero-order valence-electron chi connectivity index (χ0n) is 15.3. The average molecular weight is 368 g/mol. The van der Waals surface area contributed by atoms with E-state index in [0.29, 0.717) is 6.54 Å². The molecule has 3 rings (SSSR count). The predicted octanol–water partition coefficient (Wildman–Crippen LogP) is 4.30. The van der Waals surface area contributed by atoms with E-state index in [1.54, 1.807) is 0 Å². The molecule has 0 radical (unpaired) electrons. The molecule has 3 nitrogen and oxygen atoms in total. The fourth-order valence-corrected chi connectivity index (χ4v) is 3.64. The lowest BCUT2D eigenvalue weighted by atomic mass is 9.96. The van der Waals surface area contributed by atoms with E-state index in [1.165, 1.54) is 29.4 Å². The predicted molar refractivity (Wildman–Crippen MR) is 110 cm³/mol. The third-order valence-corrected chi connectivity index (χ3v) is 5.14. The number of rotatable bonds is 5. The van der Waals surface area contributed by atoms with Crippen molar-refractivity contribution >= 4 is 24.2 Å². The molecular weight excluding hydrogens is 342 g/mol. The van der Waals surface area contributed by atoms with Crippen molar-refractivity contribution in [3.63, 3.8) is 0 Å². The summed E-state index contributed by atoms with van der Waals surface area (Å²) in [5.74, 6) is -0.285. The first-order valence-corrected chi connectivity index (χ1v) is 9.32. The Morgan fingerprint density at radius 1 is 1.08 bits per heavy atom. The zero-order chi connectivity index (χ0) is 18.6. The molecule has 1 aliphatic heterocycles. The van der Waals surface area contributed by atoms with Crippen LogP contribution < -0.4 is 0 Å². The van der Waals surface area contributed by atoms with Crippen molar-refractivity contribution in [2.45, 2.75) is 18.1 Å². The summed E-state index contributed by atoms with van der Waals surface area (Å²) in [4.78, 5) is 14.0. The molecule has 0 amide bonds. The van der Waals surface area contributed by atoms with Crippen molar-refractivity contribution in [1.82, 2.24) is 4.90 Å². The van der Waals surface area contributed by atoms with Gasteiger partial charge >= 0.3 is 5.97 Å². The largest absolute Gasteiger partial charge is 0.468 e. The minimum absolute atomic E-state index is 0.285. The highest BCUT2D eigenvalue weighted by Crippen LogP contribution is 2.27. The Morgan fingerprint density at radius 2 is 1.69 bits per heavy atom. The maximum Gasteiger partial charge on any atom is 0.322 e. The Bertz CT molecular complexity index is 782. The van der Waals surface area contributed by atoms with Crippen LogP contribution in [-0.2, 0) is 9.53 Å². The summed E-state index contributed by atoms with van der Waals surface area (Å²) in [7, 11) is 1.41. The van der Waals surface area contributed by atoms with Crippen LogP contribution in [0.25, 0.3) is 16.7 Å². The molecule has 1 heterocycles. The van der Waals surface area contributed by atoms with Crippen LogP contribution in [0.5, 0.6) is 0 Å². The van der Waals surface area contributed by atoms with Gasteiger partial charge < -0.3 is 4.74 Å². The van der Waals surface area contributed by atoms with Crippen molar-refractivity contribution in [2.24, 2.45) is 0 Å². The minimum atomic E-state index is -0.780. The van der Waals surface area contributed by atoms with Crippen LogP contribution in [0.2, 0.25) is 0 Å². The highest BCUT2D eigenvalue weighted by atomic mass is 32.1. The second-order valence-electron chi connectivity index (χ2n) is 6.92. The lowest BCUT2D eigenvalue weighted by Gasteiger charge is -2.32. The molecule has 0 aliphatic carbocycles. The summed E-state index contributed by atoms with van der Waals surface area (Å²) >= 11 is 4.47. The van der Waals surface area contributed by atoms with E-state index in [-0.39, 0.29) is 5.97 Å². The van der Waals surface area contributed by atoms with Crippen molar-refractivity contribution < 1.29 is 9.53 Å². The standard InChI is InChI=1S/C22H25NO2S/c1-22(26,21(24)25-2)16-23-14-12-20(13-15-23)19-10-8-18(9-11-19)17-6-4-3-5-7-17/h3-12,26H,13-16H2,1-2H3. The summed E-state index contributed by atoms with van der Waals surface area (Å²) in [6.07, 6.45) is 3.22. The summed E-state index contributed by atoms with van der Waals surface area (Å²) < 4.78 is 4.06. The van der Waals surface area contributed by atoms with Crippen LogP contribution in [0.1, 0.15) is 18.9 Å². The molecule has 0 aromatic heterocycles. The number of esters is 1. The van der Waals surface area contributed by atoms with E-state index < -0.39 is 4.75 Å². The van der Waals surface area contributed by atoms with Gasteiger partial charge in [0.15, 0.2) is 0 Å². The number of nitrogens with zero attached hydrogens (tertiary/aromatic N) is 1. The number of hydrogen-bond acceptors (Lipinski definition) is 4. The maximum absolute atomic E-state index is 11.8. The first-order valence-electron chi connectivity index (χ1n) is 8.87. The molecule has 0 bridgehead atoms. The van der Waals surface area contributed by atoms with E-state index in [9.17, 15) is 4.79 Å². The number of benzene rings is 2. The molecule has 0 fully saturated rings. The normalized spacial score (nSPS) is 17.3. The molecule has 0 saturated carbocycles. The lowest BCUT2D eigenvalue weighted by Crippen LogP contribution is -2.44. The van der Waals surface area contributed by atoms with Gasteiger partial charge in [-0.1, -0.05) is 60.7 Å². The van der Waals surface area contributed by atoms with Crippen LogP contribution >= 0.6 is 12.6 Å². The Hall–Kier alpha value is -2.04. The summed E-state index contributed by atoms with van der Waals surface area (Å²) in [5, 5.41) is 0. The Labute approximate surface area is 161 Å². The number of hydrogen-bond donors (Lipinski definition) is 1.